The van der Waals surface area contributed by atoms with E-state index in [-0.39, 0.29) is 4.90 Å². The summed E-state index contributed by atoms with van der Waals surface area (Å²) in [7, 11) is -3.69. The molecule has 0 aliphatic heterocycles. The molecule has 1 N–H and O–H groups in total. The van der Waals surface area contributed by atoms with Crippen LogP contribution in [0.4, 0.5) is 0 Å². The van der Waals surface area contributed by atoms with Crippen LogP contribution in [0.25, 0.3) is 10.8 Å². The van der Waals surface area contributed by atoms with Crippen molar-refractivity contribution in [3.63, 3.8) is 0 Å². The Morgan fingerprint density at radius 2 is 1.81 bits per heavy atom. The maximum absolute atomic E-state index is 12.1. The molecule has 5 nitrogen and oxygen atoms in total. The zero-order valence-electron chi connectivity index (χ0n) is 10.9. The van der Waals surface area contributed by atoms with Crippen molar-refractivity contribution in [3.05, 3.63) is 66.6 Å². The number of sulfonamides is 1. The van der Waals surface area contributed by atoms with Crippen molar-refractivity contribution < 1.29 is 12.8 Å². The fraction of sp³-hybridized carbons (Fsp3) is 0. The highest BCUT2D eigenvalue weighted by molar-refractivity contribution is 7.89. The number of nitrogens with zero attached hydrogens (tertiary/aromatic N) is 1. The normalized spacial score (nSPS) is 12.0. The first-order valence-corrected chi connectivity index (χ1v) is 7.71. The summed E-state index contributed by atoms with van der Waals surface area (Å²) >= 11 is 0. The van der Waals surface area contributed by atoms with Crippen LogP contribution in [0.2, 0.25) is 0 Å². The van der Waals surface area contributed by atoms with Gasteiger partial charge in [0, 0.05) is 0 Å². The Hall–Kier alpha value is -2.60. The summed E-state index contributed by atoms with van der Waals surface area (Å²) in [6.07, 6.45) is 2.79. The fourth-order valence-electron chi connectivity index (χ4n) is 1.91. The molecule has 6 heteroatoms. The Kier molecular flexibility index (Phi) is 3.45. The van der Waals surface area contributed by atoms with E-state index in [0.29, 0.717) is 5.76 Å². The molecule has 21 heavy (non-hydrogen) atoms. The number of hydrazone groups is 1. The molecular weight excluding hydrogens is 288 g/mol. The molecule has 0 saturated carbocycles. The largest absolute Gasteiger partial charge is 0.463 e. The quantitative estimate of drug-likeness (QED) is 0.595. The van der Waals surface area contributed by atoms with Crippen molar-refractivity contribution in [2.75, 3.05) is 0 Å². The summed E-state index contributed by atoms with van der Waals surface area (Å²) in [4.78, 5) is 2.32. The van der Waals surface area contributed by atoms with Gasteiger partial charge in [-0.2, -0.15) is 18.4 Å². The average molecular weight is 300 g/mol. The van der Waals surface area contributed by atoms with Gasteiger partial charge in [-0.3, -0.25) is 0 Å². The van der Waals surface area contributed by atoms with Gasteiger partial charge >= 0.3 is 0 Å². The molecule has 0 aliphatic carbocycles. The topological polar surface area (TPSA) is 71.7 Å². The molecule has 1 heterocycles. The van der Waals surface area contributed by atoms with Crippen molar-refractivity contribution >= 4 is 27.0 Å². The van der Waals surface area contributed by atoms with Gasteiger partial charge in [0.1, 0.15) is 5.76 Å². The Morgan fingerprint density at radius 1 is 1.00 bits per heavy atom. The van der Waals surface area contributed by atoms with E-state index in [1.54, 1.807) is 30.3 Å². The van der Waals surface area contributed by atoms with E-state index in [1.807, 2.05) is 24.3 Å². The number of hydrogen-bond acceptors (Lipinski definition) is 4. The third-order valence-corrected chi connectivity index (χ3v) is 4.16. The monoisotopic (exact) mass is 300 g/mol. The summed E-state index contributed by atoms with van der Waals surface area (Å²) < 4.78 is 29.3. The Morgan fingerprint density at radius 3 is 2.57 bits per heavy atom. The standard InChI is InChI=1S/C15H12N2O3S/c18-21(19,17-16-11-14-6-3-9-20-14)15-8-7-12-4-1-2-5-13(12)10-15/h1-11,17H/b16-11-. The van der Waals surface area contributed by atoms with Crippen LogP contribution >= 0.6 is 0 Å². The van der Waals surface area contributed by atoms with Crippen LogP contribution in [0.5, 0.6) is 0 Å². The maximum atomic E-state index is 12.1. The molecule has 0 amide bonds. The summed E-state index contributed by atoms with van der Waals surface area (Å²) in [5.41, 5.74) is 0. The Labute approximate surface area is 122 Å². The second-order valence-corrected chi connectivity index (χ2v) is 6.04. The van der Waals surface area contributed by atoms with E-state index in [2.05, 4.69) is 9.93 Å². The van der Waals surface area contributed by atoms with Crippen LogP contribution in [-0.2, 0) is 10.0 Å². The second kappa shape index (κ2) is 5.41. The molecule has 1 aromatic heterocycles. The minimum atomic E-state index is -3.69. The van der Waals surface area contributed by atoms with Gasteiger partial charge in [-0.25, -0.2) is 0 Å². The van der Waals surface area contributed by atoms with Gasteiger partial charge in [0.05, 0.1) is 17.4 Å². The van der Waals surface area contributed by atoms with Crippen molar-refractivity contribution in [1.29, 1.82) is 0 Å². The highest BCUT2D eigenvalue weighted by Gasteiger charge is 2.12. The predicted octanol–water partition coefficient (Wildman–Crippen LogP) is 2.75. The van der Waals surface area contributed by atoms with Crippen molar-refractivity contribution in [2.24, 2.45) is 5.10 Å². The lowest BCUT2D eigenvalue weighted by Gasteiger charge is -2.04. The number of hydrogen-bond donors (Lipinski definition) is 1. The van der Waals surface area contributed by atoms with Gasteiger partial charge in [-0.05, 0) is 35.0 Å². The van der Waals surface area contributed by atoms with Crippen LogP contribution in [0, 0.1) is 0 Å². The maximum Gasteiger partial charge on any atom is 0.276 e. The molecule has 2 aromatic carbocycles. The summed E-state index contributed by atoms with van der Waals surface area (Å²) in [5, 5.41) is 5.52. The summed E-state index contributed by atoms with van der Waals surface area (Å²) in [6, 6.07) is 15.8. The van der Waals surface area contributed by atoms with E-state index in [0.717, 1.165) is 10.8 Å². The minimum absolute atomic E-state index is 0.165. The molecule has 0 aliphatic rings. The van der Waals surface area contributed by atoms with Gasteiger partial charge in [-0.1, -0.05) is 30.3 Å². The average Bonchev–Trinajstić information content (AvgIpc) is 3.00. The van der Waals surface area contributed by atoms with Gasteiger partial charge in [0.15, 0.2) is 0 Å². The van der Waals surface area contributed by atoms with E-state index < -0.39 is 10.0 Å². The molecule has 106 valence electrons. The highest BCUT2D eigenvalue weighted by atomic mass is 32.2. The smallest absolute Gasteiger partial charge is 0.276 e. The van der Waals surface area contributed by atoms with Crippen LogP contribution in [0.3, 0.4) is 0 Å². The van der Waals surface area contributed by atoms with E-state index >= 15 is 0 Å². The van der Waals surface area contributed by atoms with Crippen LogP contribution in [0.1, 0.15) is 5.76 Å². The molecule has 3 aromatic rings. The predicted molar refractivity (Wildman–Crippen MR) is 80.6 cm³/mol. The SMILES string of the molecule is O=S(=O)(N/N=C\c1ccco1)c1ccc2ccccc2c1. The first-order valence-electron chi connectivity index (χ1n) is 6.22. The third-order valence-electron chi connectivity index (χ3n) is 2.94. The van der Waals surface area contributed by atoms with Gasteiger partial charge in [-0.15, -0.1) is 0 Å². The number of rotatable bonds is 4. The van der Waals surface area contributed by atoms with Crippen molar-refractivity contribution in [2.45, 2.75) is 4.90 Å². The lowest BCUT2D eigenvalue weighted by Crippen LogP contribution is -2.18. The third kappa shape index (κ3) is 2.95. The van der Waals surface area contributed by atoms with Crippen molar-refractivity contribution in [1.82, 2.24) is 4.83 Å². The first-order chi connectivity index (χ1) is 10.1. The van der Waals surface area contributed by atoms with Gasteiger partial charge < -0.3 is 4.42 Å². The highest BCUT2D eigenvalue weighted by Crippen LogP contribution is 2.18. The summed E-state index contributed by atoms with van der Waals surface area (Å²) in [5.74, 6) is 0.469. The molecule has 0 fully saturated rings. The molecule has 0 saturated heterocycles. The second-order valence-electron chi connectivity index (χ2n) is 4.38. The van der Waals surface area contributed by atoms with Crippen LogP contribution in [0.15, 0.2) is 75.3 Å². The minimum Gasteiger partial charge on any atom is -0.463 e. The lowest BCUT2D eigenvalue weighted by atomic mass is 10.1. The Balaban J connectivity index is 1.86. The molecule has 0 spiro atoms. The van der Waals surface area contributed by atoms with Crippen molar-refractivity contribution in [3.8, 4) is 0 Å². The van der Waals surface area contributed by atoms with E-state index in [9.17, 15) is 8.42 Å². The molecule has 0 unspecified atom stereocenters. The molecule has 0 radical (unpaired) electrons. The number of benzene rings is 2. The number of fused-ring (bicyclic) bond motifs is 1. The Bertz CT molecular complexity index is 884. The van der Waals surface area contributed by atoms with Gasteiger partial charge in [0.25, 0.3) is 10.0 Å². The molecular formula is C15H12N2O3S. The zero-order chi connectivity index (χ0) is 14.7. The summed E-state index contributed by atoms with van der Waals surface area (Å²) in [6.45, 7) is 0. The van der Waals surface area contributed by atoms with E-state index in [4.69, 9.17) is 4.42 Å². The van der Waals surface area contributed by atoms with E-state index in [1.165, 1.54) is 12.5 Å². The molecule has 0 atom stereocenters. The number of furan rings is 1. The molecule has 0 bridgehead atoms. The van der Waals surface area contributed by atoms with Crippen LogP contribution in [-0.4, -0.2) is 14.6 Å². The zero-order valence-corrected chi connectivity index (χ0v) is 11.7. The molecule has 3 rings (SSSR count). The van der Waals surface area contributed by atoms with Crippen LogP contribution < -0.4 is 4.83 Å². The number of nitrogens with one attached hydrogen (secondary N) is 1. The lowest BCUT2D eigenvalue weighted by molar-refractivity contribution is 0.559. The first kappa shape index (κ1) is 13.4. The van der Waals surface area contributed by atoms with Gasteiger partial charge in [0.2, 0.25) is 0 Å². The fourth-order valence-corrected chi connectivity index (χ4v) is 2.74.